The number of hydrogen-bond acceptors (Lipinski definition) is 3. The number of carbonyl (C=O) groups is 2. The molecule has 2 amide bonds. The number of benzene rings is 1. The summed E-state index contributed by atoms with van der Waals surface area (Å²) in [7, 11) is 0. The van der Waals surface area contributed by atoms with Gasteiger partial charge in [-0.05, 0) is 43.4 Å². The average Bonchev–Trinajstić information content (AvgIpc) is 3.30. The Kier molecular flexibility index (Phi) is 7.74. The van der Waals surface area contributed by atoms with E-state index in [1.54, 1.807) is 0 Å². The van der Waals surface area contributed by atoms with Crippen molar-refractivity contribution in [1.82, 2.24) is 10.6 Å². The molecule has 6 heteroatoms. The lowest BCUT2D eigenvalue weighted by Gasteiger charge is -2.06. The number of hydrogen-bond donors (Lipinski definition) is 3. The number of nitrogen functional groups attached to an aromatic ring is 1. The van der Waals surface area contributed by atoms with Gasteiger partial charge in [0.2, 0.25) is 11.8 Å². The monoisotopic (exact) mass is 325 g/mol. The molecule has 0 aliphatic heterocycles. The van der Waals surface area contributed by atoms with Crippen LogP contribution in [0, 0.1) is 5.92 Å². The summed E-state index contributed by atoms with van der Waals surface area (Å²) in [5, 5.41) is 5.74. The van der Waals surface area contributed by atoms with Crippen LogP contribution < -0.4 is 16.4 Å². The first-order valence-corrected chi connectivity index (χ1v) is 7.54. The third-order valence-electron chi connectivity index (χ3n) is 3.54. The zero-order valence-corrected chi connectivity index (χ0v) is 13.5. The fraction of sp³-hybridized carbons (Fsp3) is 0.500. The summed E-state index contributed by atoms with van der Waals surface area (Å²) in [5.74, 6) is 0.406. The second-order valence-electron chi connectivity index (χ2n) is 5.51. The first-order chi connectivity index (χ1) is 10.1. The second-order valence-corrected chi connectivity index (χ2v) is 5.51. The van der Waals surface area contributed by atoms with Gasteiger partial charge in [0, 0.05) is 31.1 Å². The molecule has 1 aromatic carbocycles. The molecule has 1 fully saturated rings. The van der Waals surface area contributed by atoms with Crippen LogP contribution in [0.5, 0.6) is 0 Å². The maximum Gasteiger partial charge on any atom is 0.223 e. The van der Waals surface area contributed by atoms with Gasteiger partial charge in [0.15, 0.2) is 0 Å². The van der Waals surface area contributed by atoms with Crippen molar-refractivity contribution in [2.75, 3.05) is 18.8 Å². The van der Waals surface area contributed by atoms with Gasteiger partial charge in [0.25, 0.3) is 0 Å². The van der Waals surface area contributed by atoms with Crippen LogP contribution in [0.3, 0.4) is 0 Å². The number of halogens is 1. The highest BCUT2D eigenvalue weighted by molar-refractivity contribution is 5.85. The lowest BCUT2D eigenvalue weighted by Crippen LogP contribution is -2.29. The maximum absolute atomic E-state index is 11.6. The van der Waals surface area contributed by atoms with Crippen molar-refractivity contribution in [1.29, 1.82) is 0 Å². The Balaban J connectivity index is 0.00000242. The van der Waals surface area contributed by atoms with Gasteiger partial charge in [-0.3, -0.25) is 9.59 Å². The van der Waals surface area contributed by atoms with Crippen LogP contribution in [0.1, 0.15) is 31.2 Å². The molecule has 0 bridgehead atoms. The highest BCUT2D eigenvalue weighted by Crippen LogP contribution is 2.28. The van der Waals surface area contributed by atoms with Crippen LogP contribution in [-0.2, 0) is 16.0 Å². The van der Waals surface area contributed by atoms with E-state index >= 15 is 0 Å². The highest BCUT2D eigenvalue weighted by atomic mass is 35.5. The zero-order valence-electron chi connectivity index (χ0n) is 12.6. The highest BCUT2D eigenvalue weighted by Gasteiger charge is 2.28. The first-order valence-electron chi connectivity index (χ1n) is 7.54. The molecule has 4 N–H and O–H groups in total. The van der Waals surface area contributed by atoms with E-state index < -0.39 is 0 Å². The Morgan fingerprint density at radius 1 is 1.09 bits per heavy atom. The Morgan fingerprint density at radius 3 is 2.41 bits per heavy atom. The van der Waals surface area contributed by atoms with E-state index in [2.05, 4.69) is 10.6 Å². The summed E-state index contributed by atoms with van der Waals surface area (Å²) in [6, 6.07) is 7.66. The Morgan fingerprint density at radius 2 is 1.77 bits per heavy atom. The van der Waals surface area contributed by atoms with Gasteiger partial charge in [0.05, 0.1) is 0 Å². The van der Waals surface area contributed by atoms with E-state index in [1.807, 2.05) is 24.3 Å². The SMILES string of the molecule is Cl.Nc1ccc(CCNC(=O)CCCNC(=O)C2CC2)cc1. The van der Waals surface area contributed by atoms with E-state index in [0.29, 0.717) is 25.9 Å². The quantitative estimate of drug-likeness (QED) is 0.502. The molecule has 1 aromatic rings. The average molecular weight is 326 g/mol. The molecule has 0 saturated heterocycles. The largest absolute Gasteiger partial charge is 0.399 e. The molecule has 1 aliphatic rings. The van der Waals surface area contributed by atoms with E-state index in [4.69, 9.17) is 5.73 Å². The topological polar surface area (TPSA) is 84.2 Å². The van der Waals surface area contributed by atoms with E-state index in [9.17, 15) is 9.59 Å². The summed E-state index contributed by atoms with van der Waals surface area (Å²) in [6.45, 7) is 1.21. The number of nitrogens with one attached hydrogen (secondary N) is 2. The van der Waals surface area contributed by atoms with Gasteiger partial charge >= 0.3 is 0 Å². The van der Waals surface area contributed by atoms with Crippen molar-refractivity contribution in [2.24, 2.45) is 5.92 Å². The number of amides is 2. The fourth-order valence-corrected chi connectivity index (χ4v) is 2.07. The third-order valence-corrected chi connectivity index (χ3v) is 3.54. The van der Waals surface area contributed by atoms with Crippen LogP contribution in [-0.4, -0.2) is 24.9 Å². The Hall–Kier alpha value is -1.75. The molecule has 122 valence electrons. The predicted molar refractivity (Wildman–Crippen MR) is 89.8 cm³/mol. The number of anilines is 1. The van der Waals surface area contributed by atoms with E-state index in [1.165, 1.54) is 0 Å². The molecule has 22 heavy (non-hydrogen) atoms. The van der Waals surface area contributed by atoms with Crippen molar-refractivity contribution in [2.45, 2.75) is 32.1 Å². The van der Waals surface area contributed by atoms with Gasteiger partial charge < -0.3 is 16.4 Å². The van der Waals surface area contributed by atoms with Crippen molar-refractivity contribution in [3.63, 3.8) is 0 Å². The van der Waals surface area contributed by atoms with E-state index in [0.717, 1.165) is 30.5 Å². The maximum atomic E-state index is 11.6. The van der Waals surface area contributed by atoms with Crippen LogP contribution in [0.15, 0.2) is 24.3 Å². The smallest absolute Gasteiger partial charge is 0.223 e. The molecular weight excluding hydrogens is 302 g/mol. The van der Waals surface area contributed by atoms with Crippen LogP contribution in [0.4, 0.5) is 5.69 Å². The van der Waals surface area contributed by atoms with Crippen molar-refractivity contribution in [3.05, 3.63) is 29.8 Å². The molecule has 0 radical (unpaired) electrons. The van der Waals surface area contributed by atoms with Crippen LogP contribution in [0.25, 0.3) is 0 Å². The number of rotatable bonds is 8. The van der Waals surface area contributed by atoms with Gasteiger partial charge in [-0.1, -0.05) is 12.1 Å². The normalized spacial score (nSPS) is 13.1. The zero-order chi connectivity index (χ0) is 15.1. The molecule has 0 unspecified atom stereocenters. The van der Waals surface area contributed by atoms with Crippen LogP contribution >= 0.6 is 12.4 Å². The van der Waals surface area contributed by atoms with E-state index in [-0.39, 0.29) is 30.1 Å². The molecule has 1 saturated carbocycles. The molecule has 0 heterocycles. The molecule has 5 nitrogen and oxygen atoms in total. The fourth-order valence-electron chi connectivity index (χ4n) is 2.07. The molecule has 0 atom stereocenters. The standard InChI is InChI=1S/C16H23N3O2.ClH/c17-14-7-3-12(4-8-14)9-11-18-15(20)2-1-10-19-16(21)13-5-6-13;/h3-4,7-8,13H,1-2,5-6,9-11,17H2,(H,18,20)(H,19,21);1H. The molecule has 2 rings (SSSR count). The van der Waals surface area contributed by atoms with Crippen molar-refractivity contribution >= 4 is 29.9 Å². The van der Waals surface area contributed by atoms with Gasteiger partial charge in [-0.25, -0.2) is 0 Å². The summed E-state index contributed by atoms with van der Waals surface area (Å²) in [5.41, 5.74) is 7.52. The summed E-state index contributed by atoms with van der Waals surface area (Å²) in [6.07, 6.45) is 3.96. The minimum Gasteiger partial charge on any atom is -0.399 e. The van der Waals surface area contributed by atoms with Crippen molar-refractivity contribution in [3.8, 4) is 0 Å². The Bertz CT molecular complexity index is 487. The number of carbonyl (C=O) groups excluding carboxylic acids is 2. The first kappa shape index (κ1) is 18.3. The lowest BCUT2D eigenvalue weighted by atomic mass is 10.1. The van der Waals surface area contributed by atoms with Crippen LogP contribution in [0.2, 0.25) is 0 Å². The Labute approximate surface area is 137 Å². The summed E-state index contributed by atoms with van der Waals surface area (Å²) < 4.78 is 0. The molecular formula is C16H24ClN3O2. The van der Waals surface area contributed by atoms with Crippen molar-refractivity contribution < 1.29 is 9.59 Å². The summed E-state index contributed by atoms with van der Waals surface area (Å²) in [4.78, 5) is 23.0. The van der Waals surface area contributed by atoms with Gasteiger partial charge in [0.1, 0.15) is 0 Å². The molecule has 0 aromatic heterocycles. The second kappa shape index (κ2) is 9.30. The summed E-state index contributed by atoms with van der Waals surface area (Å²) >= 11 is 0. The minimum atomic E-state index is 0. The predicted octanol–water partition coefficient (Wildman–Crippen LogP) is 1.66. The number of nitrogens with two attached hydrogens (primary N) is 1. The third kappa shape index (κ3) is 6.80. The minimum absolute atomic E-state index is 0. The van der Waals surface area contributed by atoms with Gasteiger partial charge in [-0.2, -0.15) is 0 Å². The lowest BCUT2D eigenvalue weighted by molar-refractivity contribution is -0.123. The molecule has 0 spiro atoms. The molecule has 1 aliphatic carbocycles. The van der Waals surface area contributed by atoms with Gasteiger partial charge in [-0.15, -0.1) is 12.4 Å².